The Morgan fingerprint density at radius 3 is 2.43 bits per heavy atom. The summed E-state index contributed by atoms with van der Waals surface area (Å²) in [6, 6.07) is 0. The first-order valence-corrected chi connectivity index (χ1v) is 8.61. The second-order valence-corrected chi connectivity index (χ2v) is 6.63. The molecule has 2 aromatic heterocycles. The molecule has 0 aliphatic carbocycles. The topological polar surface area (TPSA) is 198 Å². The first-order chi connectivity index (χ1) is 13.5. The Labute approximate surface area is 157 Å². The third-order valence-electron chi connectivity index (χ3n) is 4.94. The van der Waals surface area contributed by atoms with Gasteiger partial charge in [0.05, 0.1) is 19.5 Å². The van der Waals surface area contributed by atoms with Crippen LogP contribution in [0.2, 0.25) is 0 Å². The Morgan fingerprint density at radius 2 is 1.75 bits per heavy atom. The molecule has 28 heavy (non-hydrogen) atoms. The van der Waals surface area contributed by atoms with Gasteiger partial charge in [-0.25, -0.2) is 15.0 Å². The highest BCUT2D eigenvalue weighted by molar-refractivity contribution is 5.81. The number of aromatic nitrogens is 4. The molecule has 13 heteroatoms. The Hall–Kier alpha value is -1.97. The van der Waals surface area contributed by atoms with Crippen LogP contribution in [0.4, 0.5) is 5.82 Å². The smallest absolute Gasteiger partial charge is 0.187 e. The maximum atomic E-state index is 10.8. The predicted molar refractivity (Wildman–Crippen MR) is 89.4 cm³/mol. The zero-order valence-electron chi connectivity index (χ0n) is 14.5. The quantitative estimate of drug-likeness (QED) is 0.290. The van der Waals surface area contributed by atoms with Crippen molar-refractivity contribution in [2.45, 2.75) is 49.1 Å². The van der Waals surface area contributed by atoms with Gasteiger partial charge < -0.3 is 45.5 Å². The Balaban J connectivity index is 1.57. The third kappa shape index (κ3) is 3.01. The van der Waals surface area contributed by atoms with Crippen LogP contribution >= 0.6 is 0 Å². The fourth-order valence-corrected chi connectivity index (χ4v) is 3.45. The molecule has 8 atom stereocenters. The van der Waals surface area contributed by atoms with Crippen LogP contribution in [0.5, 0.6) is 0 Å². The minimum absolute atomic E-state index is 0.161. The van der Waals surface area contributed by atoms with Crippen molar-refractivity contribution in [3.63, 3.8) is 0 Å². The number of nitrogens with two attached hydrogens (primary N) is 1. The van der Waals surface area contributed by atoms with Crippen molar-refractivity contribution in [2.75, 3.05) is 18.9 Å². The standard InChI is InChI=1S/C15H21N5O8/c16-12-7-13(18-3-17-12)20(4-19-7)14-10(25)11(6(2-22)26-14)28-15-9(24)8(23)5(1-21)27-15/h3-6,8-11,14-15,21-25H,1-2H2,(H2,16,17,18)/t5-,6-,8+,9+,10+,11+,14-,15+/m1/s1. The highest BCUT2D eigenvalue weighted by Crippen LogP contribution is 2.35. The predicted octanol–water partition coefficient (Wildman–Crippen LogP) is -3.52. The lowest BCUT2D eigenvalue weighted by molar-refractivity contribution is -0.215. The summed E-state index contributed by atoms with van der Waals surface area (Å²) in [4.78, 5) is 12.1. The largest absolute Gasteiger partial charge is 0.394 e. The SMILES string of the molecule is Nc1ncnc2c1ncn2[C@@H]1O[C@H](CO)[C@H](O[C@@H]2O[C@H](CO)[C@H](O)[C@@H]2O)[C@@H]1O. The minimum atomic E-state index is -1.44. The zero-order chi connectivity index (χ0) is 20.0. The van der Waals surface area contributed by atoms with Crippen molar-refractivity contribution >= 4 is 17.0 Å². The van der Waals surface area contributed by atoms with E-state index < -0.39 is 62.4 Å². The fraction of sp³-hybridized carbons (Fsp3) is 0.667. The number of ether oxygens (including phenoxy) is 3. The maximum absolute atomic E-state index is 10.8. The van der Waals surface area contributed by atoms with Crippen molar-refractivity contribution in [3.05, 3.63) is 12.7 Å². The molecule has 0 amide bonds. The van der Waals surface area contributed by atoms with E-state index >= 15 is 0 Å². The normalized spacial score (nSPS) is 38.5. The Bertz CT molecular complexity index is 836. The van der Waals surface area contributed by atoms with Crippen LogP contribution in [0.15, 0.2) is 12.7 Å². The highest BCUT2D eigenvalue weighted by Gasteiger charge is 2.51. The number of aliphatic hydroxyl groups excluding tert-OH is 5. The first kappa shape index (κ1) is 19.4. The summed E-state index contributed by atoms with van der Waals surface area (Å²) < 4.78 is 18.0. The molecule has 154 valence electrons. The lowest BCUT2D eigenvalue weighted by atomic mass is 10.1. The summed E-state index contributed by atoms with van der Waals surface area (Å²) in [5, 5.41) is 49.5. The molecule has 0 radical (unpaired) electrons. The summed E-state index contributed by atoms with van der Waals surface area (Å²) in [5.74, 6) is 0.161. The number of imidazole rings is 1. The molecule has 2 fully saturated rings. The van der Waals surface area contributed by atoms with Crippen molar-refractivity contribution in [1.29, 1.82) is 0 Å². The highest BCUT2D eigenvalue weighted by atomic mass is 16.7. The second kappa shape index (κ2) is 7.46. The first-order valence-electron chi connectivity index (χ1n) is 8.61. The van der Waals surface area contributed by atoms with Crippen LogP contribution < -0.4 is 5.73 Å². The second-order valence-electron chi connectivity index (χ2n) is 6.63. The van der Waals surface area contributed by atoms with Gasteiger partial charge in [-0.05, 0) is 0 Å². The third-order valence-corrected chi connectivity index (χ3v) is 4.94. The summed E-state index contributed by atoms with van der Waals surface area (Å²) in [6.45, 7) is -1.01. The number of hydrogen-bond acceptors (Lipinski definition) is 12. The number of anilines is 1. The number of rotatable bonds is 5. The van der Waals surface area contributed by atoms with Gasteiger partial charge in [-0.1, -0.05) is 0 Å². The lowest BCUT2D eigenvalue weighted by Gasteiger charge is -2.25. The van der Waals surface area contributed by atoms with E-state index in [-0.39, 0.29) is 5.82 Å². The molecule has 2 aliphatic heterocycles. The van der Waals surface area contributed by atoms with Gasteiger partial charge in [0, 0.05) is 0 Å². The van der Waals surface area contributed by atoms with Crippen LogP contribution in [-0.4, -0.2) is 101 Å². The molecule has 2 saturated heterocycles. The number of fused-ring (bicyclic) bond motifs is 1. The van der Waals surface area contributed by atoms with Crippen LogP contribution in [0, 0.1) is 0 Å². The molecule has 0 spiro atoms. The lowest BCUT2D eigenvalue weighted by Crippen LogP contribution is -2.43. The summed E-state index contributed by atoms with van der Waals surface area (Å²) >= 11 is 0. The molecule has 0 saturated carbocycles. The van der Waals surface area contributed by atoms with Gasteiger partial charge in [0.2, 0.25) is 0 Å². The average molecular weight is 399 g/mol. The van der Waals surface area contributed by atoms with Crippen LogP contribution in [-0.2, 0) is 14.2 Å². The van der Waals surface area contributed by atoms with E-state index in [1.807, 2.05) is 0 Å². The van der Waals surface area contributed by atoms with Gasteiger partial charge in [0.15, 0.2) is 24.0 Å². The van der Waals surface area contributed by atoms with Crippen LogP contribution in [0.1, 0.15) is 6.23 Å². The molecular weight excluding hydrogens is 378 g/mol. The van der Waals surface area contributed by atoms with E-state index in [2.05, 4.69) is 15.0 Å². The molecular formula is C15H21N5O8. The fourth-order valence-electron chi connectivity index (χ4n) is 3.45. The minimum Gasteiger partial charge on any atom is -0.394 e. The number of nitrogen functional groups attached to an aromatic ring is 1. The van der Waals surface area contributed by atoms with E-state index in [4.69, 9.17) is 19.9 Å². The zero-order valence-corrected chi connectivity index (χ0v) is 14.5. The Morgan fingerprint density at radius 1 is 1.00 bits per heavy atom. The van der Waals surface area contributed by atoms with E-state index in [1.54, 1.807) is 0 Å². The molecule has 0 aromatic carbocycles. The molecule has 2 aromatic rings. The summed E-state index contributed by atoms with van der Waals surface area (Å²) in [7, 11) is 0. The molecule has 4 heterocycles. The van der Waals surface area contributed by atoms with Gasteiger partial charge in [-0.15, -0.1) is 0 Å². The van der Waals surface area contributed by atoms with E-state index in [0.717, 1.165) is 0 Å². The van der Waals surface area contributed by atoms with Gasteiger partial charge in [-0.3, -0.25) is 4.57 Å². The molecule has 0 bridgehead atoms. The van der Waals surface area contributed by atoms with Crippen molar-refractivity contribution < 1.29 is 39.7 Å². The van der Waals surface area contributed by atoms with E-state index in [1.165, 1.54) is 17.2 Å². The number of nitrogens with zero attached hydrogens (tertiary/aromatic N) is 4. The average Bonchev–Trinajstić information content (AvgIpc) is 3.33. The van der Waals surface area contributed by atoms with Gasteiger partial charge >= 0.3 is 0 Å². The molecule has 4 rings (SSSR count). The van der Waals surface area contributed by atoms with Crippen LogP contribution in [0.25, 0.3) is 11.2 Å². The van der Waals surface area contributed by atoms with E-state index in [0.29, 0.717) is 11.2 Å². The maximum Gasteiger partial charge on any atom is 0.187 e. The monoisotopic (exact) mass is 399 g/mol. The number of hydrogen-bond donors (Lipinski definition) is 6. The van der Waals surface area contributed by atoms with Crippen molar-refractivity contribution in [1.82, 2.24) is 19.5 Å². The van der Waals surface area contributed by atoms with Gasteiger partial charge in [0.1, 0.15) is 48.5 Å². The van der Waals surface area contributed by atoms with Gasteiger partial charge in [-0.2, -0.15) is 0 Å². The van der Waals surface area contributed by atoms with E-state index in [9.17, 15) is 25.5 Å². The van der Waals surface area contributed by atoms with Crippen molar-refractivity contribution in [3.8, 4) is 0 Å². The van der Waals surface area contributed by atoms with Crippen LogP contribution in [0.3, 0.4) is 0 Å². The molecule has 7 N–H and O–H groups in total. The summed E-state index contributed by atoms with van der Waals surface area (Å²) in [5.41, 5.74) is 6.41. The number of aliphatic hydroxyl groups is 5. The van der Waals surface area contributed by atoms with Gasteiger partial charge in [0.25, 0.3) is 0 Å². The molecule has 0 unspecified atom stereocenters. The Kier molecular flexibility index (Phi) is 5.15. The molecule has 2 aliphatic rings. The molecule has 13 nitrogen and oxygen atoms in total. The summed E-state index contributed by atoms with van der Waals surface area (Å²) in [6.07, 6.45) is -6.90. The van der Waals surface area contributed by atoms with Crippen molar-refractivity contribution in [2.24, 2.45) is 0 Å².